The van der Waals surface area contributed by atoms with E-state index in [1.165, 1.54) is 11.5 Å². The standard InChI is InChI=1S/C23H24FN3O.C2HF3O2/c1-15-8-9-17(11-20(15)24)23(28)27-10-4-6-19(14-27)26-21-7-3-5-18-13-25-12-16(2)22(18)21;3-2(4,5)1(6)7/h3,5,7-9,11-13,19,26H,4,6,10,14H2,1-2H3;(H,6,7)/p-1. The molecule has 1 amide bonds. The summed E-state index contributed by atoms with van der Waals surface area (Å²) in [5, 5.41) is 14.7. The van der Waals surface area contributed by atoms with Gasteiger partial charge in [-0.3, -0.25) is 9.78 Å². The molecule has 1 fully saturated rings. The molecule has 0 saturated carbocycles. The first-order chi connectivity index (χ1) is 16.5. The van der Waals surface area contributed by atoms with Gasteiger partial charge in [-0.15, -0.1) is 0 Å². The Morgan fingerprint density at radius 3 is 2.49 bits per heavy atom. The summed E-state index contributed by atoms with van der Waals surface area (Å²) < 4.78 is 45.4. The van der Waals surface area contributed by atoms with E-state index in [1.54, 1.807) is 19.1 Å². The number of hydrogen-bond donors (Lipinski definition) is 1. The van der Waals surface area contributed by atoms with Crippen molar-refractivity contribution in [3.05, 3.63) is 71.3 Å². The van der Waals surface area contributed by atoms with Gasteiger partial charge in [-0.05, 0) is 56.0 Å². The number of fused-ring (bicyclic) bond motifs is 1. The number of nitrogens with one attached hydrogen (secondary N) is 1. The molecular weight excluding hydrogens is 466 g/mol. The molecule has 1 atom stereocenters. The van der Waals surface area contributed by atoms with Crippen LogP contribution >= 0.6 is 0 Å². The lowest BCUT2D eigenvalue weighted by atomic mass is 10.0. The van der Waals surface area contributed by atoms with Crippen LogP contribution < -0.4 is 10.4 Å². The van der Waals surface area contributed by atoms with Crippen molar-refractivity contribution < 1.29 is 32.3 Å². The number of pyridine rings is 1. The number of amides is 1. The number of benzene rings is 2. The Labute approximate surface area is 199 Å². The lowest BCUT2D eigenvalue weighted by Gasteiger charge is -2.34. The molecule has 0 radical (unpaired) electrons. The van der Waals surface area contributed by atoms with Crippen molar-refractivity contribution >= 4 is 28.3 Å². The number of carbonyl (C=O) groups excluding carboxylic acids is 2. The van der Waals surface area contributed by atoms with Crippen molar-refractivity contribution in [2.75, 3.05) is 18.4 Å². The minimum atomic E-state index is -5.19. The van der Waals surface area contributed by atoms with Crippen LogP contribution in [0.4, 0.5) is 23.2 Å². The van der Waals surface area contributed by atoms with Gasteiger partial charge in [0.1, 0.15) is 11.8 Å². The van der Waals surface area contributed by atoms with E-state index in [-0.39, 0.29) is 17.8 Å². The van der Waals surface area contributed by atoms with Crippen molar-refractivity contribution in [1.82, 2.24) is 9.88 Å². The number of likely N-dealkylation sites (tertiary alicyclic amines) is 1. The minimum absolute atomic E-state index is 0.108. The zero-order chi connectivity index (χ0) is 25.8. The second kappa shape index (κ2) is 10.7. The highest BCUT2D eigenvalue weighted by atomic mass is 19.4. The van der Waals surface area contributed by atoms with Crippen LogP contribution in [0.3, 0.4) is 0 Å². The Hall–Kier alpha value is -3.69. The van der Waals surface area contributed by atoms with Crippen molar-refractivity contribution in [1.29, 1.82) is 0 Å². The number of carbonyl (C=O) groups is 2. The van der Waals surface area contributed by atoms with E-state index in [9.17, 15) is 22.4 Å². The van der Waals surface area contributed by atoms with Gasteiger partial charge in [-0.25, -0.2) is 4.39 Å². The number of piperidine rings is 1. The van der Waals surface area contributed by atoms with Crippen LogP contribution in [-0.2, 0) is 4.79 Å². The Morgan fingerprint density at radius 2 is 1.83 bits per heavy atom. The molecule has 1 aromatic heterocycles. The molecule has 186 valence electrons. The van der Waals surface area contributed by atoms with Gasteiger partial charge in [0.05, 0.1) is 0 Å². The Kier molecular flexibility index (Phi) is 7.93. The van der Waals surface area contributed by atoms with E-state index < -0.39 is 12.1 Å². The Balaban J connectivity index is 0.000000429. The summed E-state index contributed by atoms with van der Waals surface area (Å²) in [5.41, 5.74) is 3.16. The van der Waals surface area contributed by atoms with E-state index in [2.05, 4.69) is 29.4 Å². The summed E-state index contributed by atoms with van der Waals surface area (Å²) in [4.78, 5) is 27.7. The summed E-state index contributed by atoms with van der Waals surface area (Å²) >= 11 is 0. The highest BCUT2D eigenvalue weighted by Crippen LogP contribution is 2.28. The number of aryl methyl sites for hydroxylation is 2. The van der Waals surface area contributed by atoms with Gasteiger partial charge in [0.25, 0.3) is 5.91 Å². The number of carboxylic acids is 1. The number of hydrogen-bond acceptors (Lipinski definition) is 5. The van der Waals surface area contributed by atoms with E-state index in [0.29, 0.717) is 24.2 Å². The summed E-state index contributed by atoms with van der Waals surface area (Å²) in [6.45, 7) is 5.06. The maximum atomic E-state index is 13.9. The normalized spacial score (nSPS) is 15.8. The van der Waals surface area contributed by atoms with E-state index >= 15 is 0 Å². The first-order valence-electron chi connectivity index (χ1n) is 10.9. The SMILES string of the molecule is Cc1ccc(C(=O)N2CCCC(Nc3cccc4cncc(C)c34)C2)cc1F.O=C([O-])C(F)(F)F. The summed E-state index contributed by atoms with van der Waals surface area (Å²) in [7, 11) is 0. The van der Waals surface area contributed by atoms with Gasteiger partial charge in [0.15, 0.2) is 0 Å². The molecule has 35 heavy (non-hydrogen) atoms. The molecule has 1 aliphatic heterocycles. The molecule has 0 bridgehead atoms. The fourth-order valence-electron chi connectivity index (χ4n) is 3.94. The monoisotopic (exact) mass is 490 g/mol. The highest BCUT2D eigenvalue weighted by Gasteiger charge is 2.29. The molecule has 0 aliphatic carbocycles. The van der Waals surface area contributed by atoms with Crippen LogP contribution in [0.2, 0.25) is 0 Å². The number of rotatable bonds is 3. The highest BCUT2D eigenvalue weighted by molar-refractivity contribution is 5.96. The summed E-state index contributed by atoms with van der Waals surface area (Å²) in [6, 6.07) is 11.0. The third-order valence-corrected chi connectivity index (χ3v) is 5.69. The molecule has 1 N–H and O–H groups in total. The number of anilines is 1. The van der Waals surface area contributed by atoms with Crippen LogP contribution in [0, 0.1) is 19.7 Å². The smallest absolute Gasteiger partial charge is 0.430 e. The first-order valence-corrected chi connectivity index (χ1v) is 10.9. The fraction of sp³-hybridized carbons (Fsp3) is 0.320. The molecule has 3 aromatic rings. The Morgan fingerprint density at radius 1 is 1.11 bits per heavy atom. The molecule has 1 aliphatic rings. The molecule has 1 unspecified atom stereocenters. The second-order valence-electron chi connectivity index (χ2n) is 8.34. The van der Waals surface area contributed by atoms with Gasteiger partial charge in [-0.1, -0.05) is 18.2 Å². The average Bonchev–Trinajstić information content (AvgIpc) is 2.80. The fourth-order valence-corrected chi connectivity index (χ4v) is 3.94. The molecule has 2 heterocycles. The van der Waals surface area contributed by atoms with Crippen molar-refractivity contribution in [2.45, 2.75) is 38.9 Å². The van der Waals surface area contributed by atoms with E-state index in [1.807, 2.05) is 23.4 Å². The van der Waals surface area contributed by atoms with Gasteiger partial charge in [0, 0.05) is 53.5 Å². The first kappa shape index (κ1) is 25.9. The van der Waals surface area contributed by atoms with Crippen LogP contribution in [0.25, 0.3) is 10.8 Å². The van der Waals surface area contributed by atoms with Crippen LogP contribution in [0.5, 0.6) is 0 Å². The van der Waals surface area contributed by atoms with Crippen LogP contribution in [0.15, 0.2) is 48.8 Å². The molecular formula is C25H24F4N3O3-. The second-order valence-corrected chi connectivity index (χ2v) is 8.34. The van der Waals surface area contributed by atoms with E-state index in [0.717, 1.165) is 29.5 Å². The van der Waals surface area contributed by atoms with Gasteiger partial charge in [-0.2, -0.15) is 13.2 Å². The number of aliphatic carboxylic acids is 1. The van der Waals surface area contributed by atoms with Crippen molar-refractivity contribution in [2.24, 2.45) is 0 Å². The van der Waals surface area contributed by atoms with Gasteiger partial charge >= 0.3 is 6.18 Å². The number of alkyl halides is 3. The molecule has 10 heteroatoms. The zero-order valence-electron chi connectivity index (χ0n) is 19.2. The Bertz CT molecular complexity index is 1230. The van der Waals surface area contributed by atoms with Gasteiger partial charge in [0.2, 0.25) is 0 Å². The third-order valence-electron chi connectivity index (χ3n) is 5.69. The number of carboxylic acid groups (broad SMARTS) is 1. The lowest BCUT2D eigenvalue weighted by molar-refractivity contribution is -0.344. The third kappa shape index (κ3) is 6.46. The maximum Gasteiger partial charge on any atom is 0.430 e. The topological polar surface area (TPSA) is 85.4 Å². The minimum Gasteiger partial charge on any atom is -0.542 e. The lowest BCUT2D eigenvalue weighted by Crippen LogP contribution is -2.45. The van der Waals surface area contributed by atoms with E-state index in [4.69, 9.17) is 9.90 Å². The predicted octanol–water partition coefficient (Wildman–Crippen LogP) is 4.01. The van der Waals surface area contributed by atoms with Crippen molar-refractivity contribution in [3.8, 4) is 0 Å². The summed E-state index contributed by atoms with van der Waals surface area (Å²) in [6.07, 6.45) is 0.460. The average molecular weight is 490 g/mol. The molecule has 1 saturated heterocycles. The predicted molar refractivity (Wildman–Crippen MR) is 121 cm³/mol. The number of nitrogens with zero attached hydrogens (tertiary/aromatic N) is 2. The van der Waals surface area contributed by atoms with Crippen LogP contribution in [-0.4, -0.2) is 47.1 Å². The zero-order valence-corrected chi connectivity index (χ0v) is 19.2. The quantitative estimate of drug-likeness (QED) is 0.561. The summed E-state index contributed by atoms with van der Waals surface area (Å²) in [5.74, 6) is -3.45. The van der Waals surface area contributed by atoms with Gasteiger partial charge < -0.3 is 20.1 Å². The molecule has 4 rings (SSSR count). The molecule has 2 aromatic carbocycles. The largest absolute Gasteiger partial charge is 0.542 e. The number of aromatic nitrogens is 1. The molecule has 6 nitrogen and oxygen atoms in total. The van der Waals surface area contributed by atoms with Crippen molar-refractivity contribution in [3.63, 3.8) is 0 Å². The maximum absolute atomic E-state index is 13.9. The van der Waals surface area contributed by atoms with Crippen LogP contribution in [0.1, 0.15) is 34.3 Å². The molecule has 0 spiro atoms. The number of halogens is 4.